The van der Waals surface area contributed by atoms with Gasteiger partial charge in [-0.25, -0.2) is 4.98 Å². The Labute approximate surface area is 105 Å². The minimum atomic E-state index is -0.474. The van der Waals surface area contributed by atoms with Gasteiger partial charge in [-0.3, -0.25) is 4.79 Å². The smallest absolute Gasteiger partial charge is 0.250 e. The van der Waals surface area contributed by atoms with Crippen molar-refractivity contribution < 1.29 is 9.21 Å². The number of nitrogens with one attached hydrogen (secondary N) is 1. The molecule has 0 fully saturated rings. The zero-order valence-corrected chi connectivity index (χ0v) is 10.1. The van der Waals surface area contributed by atoms with Crippen molar-refractivity contribution in [2.75, 3.05) is 5.32 Å². The van der Waals surface area contributed by atoms with E-state index in [9.17, 15) is 4.79 Å². The van der Waals surface area contributed by atoms with Gasteiger partial charge in [0.05, 0.1) is 11.8 Å². The Hall–Kier alpha value is -2.30. The van der Waals surface area contributed by atoms with Gasteiger partial charge in [0.25, 0.3) is 0 Å². The highest BCUT2D eigenvalue weighted by atomic mass is 16.3. The molecule has 1 unspecified atom stereocenters. The van der Waals surface area contributed by atoms with E-state index >= 15 is 0 Å². The molecule has 2 aromatic heterocycles. The first-order valence-corrected chi connectivity index (χ1v) is 5.70. The quantitative estimate of drug-likeness (QED) is 0.841. The van der Waals surface area contributed by atoms with Crippen LogP contribution in [0.25, 0.3) is 0 Å². The lowest BCUT2D eigenvalue weighted by atomic mass is 10.2. The highest BCUT2D eigenvalue weighted by Gasteiger charge is 2.07. The Bertz CT molecular complexity index is 506. The Morgan fingerprint density at radius 2 is 2.33 bits per heavy atom. The molecule has 2 rings (SSSR count). The van der Waals surface area contributed by atoms with Crippen molar-refractivity contribution >= 4 is 11.7 Å². The van der Waals surface area contributed by atoms with Crippen LogP contribution in [0.4, 0.5) is 5.82 Å². The Balaban J connectivity index is 1.94. The van der Waals surface area contributed by atoms with Crippen LogP contribution in [-0.4, -0.2) is 16.9 Å². The van der Waals surface area contributed by atoms with Crippen molar-refractivity contribution in [3.63, 3.8) is 0 Å². The van der Waals surface area contributed by atoms with Gasteiger partial charge in [-0.1, -0.05) is 0 Å². The molecule has 0 aliphatic rings. The lowest BCUT2D eigenvalue weighted by Crippen LogP contribution is -2.19. The van der Waals surface area contributed by atoms with Gasteiger partial charge < -0.3 is 15.5 Å². The van der Waals surface area contributed by atoms with Crippen LogP contribution < -0.4 is 11.1 Å². The van der Waals surface area contributed by atoms with Crippen LogP contribution in [0.2, 0.25) is 0 Å². The third-order valence-corrected chi connectivity index (χ3v) is 2.53. The third kappa shape index (κ3) is 3.10. The Morgan fingerprint density at radius 1 is 1.50 bits per heavy atom. The molecule has 0 aliphatic heterocycles. The van der Waals surface area contributed by atoms with Gasteiger partial charge in [0.2, 0.25) is 5.91 Å². The molecule has 0 saturated heterocycles. The number of carbonyl (C=O) groups excluding carboxylic acids is 1. The second-order valence-corrected chi connectivity index (χ2v) is 4.13. The fourth-order valence-electron chi connectivity index (χ4n) is 1.66. The molecule has 0 saturated carbocycles. The maximum Gasteiger partial charge on any atom is 0.250 e. The van der Waals surface area contributed by atoms with E-state index in [1.54, 1.807) is 18.4 Å². The lowest BCUT2D eigenvalue weighted by molar-refractivity contribution is 0.1000. The third-order valence-electron chi connectivity index (χ3n) is 2.53. The van der Waals surface area contributed by atoms with Crippen LogP contribution in [0.1, 0.15) is 23.0 Å². The number of furan rings is 1. The molecule has 0 radical (unpaired) electrons. The number of amides is 1. The molecule has 5 nitrogen and oxygen atoms in total. The van der Waals surface area contributed by atoms with Crippen molar-refractivity contribution in [2.45, 2.75) is 19.4 Å². The van der Waals surface area contributed by atoms with E-state index in [1.165, 1.54) is 6.20 Å². The number of carbonyl (C=O) groups is 1. The van der Waals surface area contributed by atoms with E-state index < -0.39 is 5.91 Å². The summed E-state index contributed by atoms with van der Waals surface area (Å²) >= 11 is 0. The molecule has 3 N–H and O–H groups in total. The number of aromatic nitrogens is 1. The van der Waals surface area contributed by atoms with Gasteiger partial charge in [0.1, 0.15) is 11.6 Å². The van der Waals surface area contributed by atoms with Gasteiger partial charge >= 0.3 is 0 Å². The van der Waals surface area contributed by atoms with E-state index in [-0.39, 0.29) is 6.04 Å². The number of rotatable bonds is 5. The summed E-state index contributed by atoms with van der Waals surface area (Å²) in [5.41, 5.74) is 5.55. The summed E-state index contributed by atoms with van der Waals surface area (Å²) in [5, 5.41) is 3.22. The molecule has 2 heterocycles. The predicted molar refractivity (Wildman–Crippen MR) is 68.3 cm³/mol. The largest absolute Gasteiger partial charge is 0.469 e. The molecule has 94 valence electrons. The second kappa shape index (κ2) is 5.35. The van der Waals surface area contributed by atoms with E-state index in [2.05, 4.69) is 10.3 Å². The molecule has 0 spiro atoms. The summed E-state index contributed by atoms with van der Waals surface area (Å²) in [6.07, 6.45) is 3.89. The minimum Gasteiger partial charge on any atom is -0.469 e. The average molecular weight is 245 g/mol. The first kappa shape index (κ1) is 12.2. The van der Waals surface area contributed by atoms with Crippen molar-refractivity contribution in [3.05, 3.63) is 48.0 Å². The van der Waals surface area contributed by atoms with Crippen LogP contribution in [0.3, 0.4) is 0 Å². The standard InChI is InChI=1S/C13H15N3O2/c1-9(7-11-3-2-6-18-11)16-12-5-4-10(8-15-12)13(14)17/h2-6,8-9H,7H2,1H3,(H2,14,17)(H,15,16). The maximum atomic E-state index is 10.9. The van der Waals surface area contributed by atoms with E-state index in [0.29, 0.717) is 11.4 Å². The zero-order chi connectivity index (χ0) is 13.0. The summed E-state index contributed by atoms with van der Waals surface area (Å²) in [7, 11) is 0. The van der Waals surface area contributed by atoms with Crippen LogP contribution in [-0.2, 0) is 6.42 Å². The molecular weight excluding hydrogens is 230 g/mol. The number of nitrogens with two attached hydrogens (primary N) is 1. The molecule has 0 bridgehead atoms. The molecule has 0 aliphatic carbocycles. The predicted octanol–water partition coefficient (Wildman–Crippen LogP) is 1.82. The number of anilines is 1. The van der Waals surface area contributed by atoms with Crippen LogP contribution >= 0.6 is 0 Å². The summed E-state index contributed by atoms with van der Waals surface area (Å²) < 4.78 is 5.27. The summed E-state index contributed by atoms with van der Waals surface area (Å²) in [6.45, 7) is 2.03. The number of hydrogen-bond acceptors (Lipinski definition) is 4. The number of pyridine rings is 1. The van der Waals surface area contributed by atoms with Gasteiger partial charge in [-0.15, -0.1) is 0 Å². The molecular formula is C13H15N3O2. The van der Waals surface area contributed by atoms with E-state index in [4.69, 9.17) is 10.2 Å². The summed E-state index contributed by atoms with van der Waals surface area (Å²) in [4.78, 5) is 15.0. The zero-order valence-electron chi connectivity index (χ0n) is 10.1. The first-order chi connectivity index (χ1) is 8.65. The molecule has 1 atom stereocenters. The summed E-state index contributed by atoms with van der Waals surface area (Å²) in [6, 6.07) is 7.36. The van der Waals surface area contributed by atoms with E-state index in [0.717, 1.165) is 12.2 Å². The van der Waals surface area contributed by atoms with Crippen LogP contribution in [0.5, 0.6) is 0 Å². The van der Waals surface area contributed by atoms with Crippen molar-refractivity contribution in [3.8, 4) is 0 Å². The molecule has 1 amide bonds. The monoisotopic (exact) mass is 245 g/mol. The summed E-state index contributed by atoms with van der Waals surface area (Å²) in [5.74, 6) is 1.15. The maximum absolute atomic E-state index is 10.9. The van der Waals surface area contributed by atoms with Crippen LogP contribution in [0.15, 0.2) is 41.1 Å². The molecule has 18 heavy (non-hydrogen) atoms. The molecule has 0 aromatic carbocycles. The van der Waals surface area contributed by atoms with E-state index in [1.807, 2.05) is 19.1 Å². The fourth-order valence-corrected chi connectivity index (χ4v) is 1.66. The highest BCUT2D eigenvalue weighted by Crippen LogP contribution is 2.10. The fraction of sp³-hybridized carbons (Fsp3) is 0.231. The Morgan fingerprint density at radius 3 is 2.89 bits per heavy atom. The first-order valence-electron chi connectivity index (χ1n) is 5.70. The van der Waals surface area contributed by atoms with Gasteiger partial charge in [-0.2, -0.15) is 0 Å². The van der Waals surface area contributed by atoms with Gasteiger partial charge in [0, 0.05) is 18.7 Å². The SMILES string of the molecule is CC(Cc1ccco1)Nc1ccc(C(N)=O)cn1. The lowest BCUT2D eigenvalue weighted by Gasteiger charge is -2.13. The number of hydrogen-bond donors (Lipinski definition) is 2. The van der Waals surface area contributed by atoms with Crippen molar-refractivity contribution in [1.29, 1.82) is 0 Å². The van der Waals surface area contributed by atoms with Crippen molar-refractivity contribution in [2.24, 2.45) is 5.73 Å². The molecule has 5 heteroatoms. The molecule has 2 aromatic rings. The average Bonchev–Trinajstić information content (AvgIpc) is 2.82. The van der Waals surface area contributed by atoms with Gasteiger partial charge in [0.15, 0.2) is 0 Å². The Kier molecular flexibility index (Phi) is 3.62. The second-order valence-electron chi connectivity index (χ2n) is 4.13. The van der Waals surface area contributed by atoms with Crippen molar-refractivity contribution in [1.82, 2.24) is 4.98 Å². The highest BCUT2D eigenvalue weighted by molar-refractivity contribution is 5.92. The normalized spacial score (nSPS) is 12.1. The minimum absolute atomic E-state index is 0.183. The topological polar surface area (TPSA) is 81.1 Å². The van der Waals surface area contributed by atoms with Gasteiger partial charge in [-0.05, 0) is 31.2 Å². The van der Waals surface area contributed by atoms with Crippen LogP contribution in [0, 0.1) is 0 Å². The number of primary amides is 1. The number of nitrogens with zero attached hydrogens (tertiary/aromatic N) is 1.